The Morgan fingerprint density at radius 2 is 2.19 bits per heavy atom. The normalized spacial score (nSPS) is 17.8. The number of fused-ring (bicyclic) bond motifs is 1. The summed E-state index contributed by atoms with van der Waals surface area (Å²) in [4.78, 5) is 11.4. The van der Waals surface area contributed by atoms with E-state index >= 15 is 0 Å². The Morgan fingerprint density at radius 3 is 2.81 bits per heavy atom. The van der Waals surface area contributed by atoms with Crippen LogP contribution in [0.2, 0.25) is 0 Å². The maximum atomic E-state index is 13.3. The van der Waals surface area contributed by atoms with Crippen LogP contribution in [0.4, 0.5) is 14.5 Å². The molecule has 0 bridgehead atoms. The van der Waals surface area contributed by atoms with Crippen LogP contribution >= 0.6 is 0 Å². The number of halogens is 2. The molecule has 0 unspecified atom stereocenters. The van der Waals surface area contributed by atoms with Gasteiger partial charge < -0.3 is 10.1 Å². The highest BCUT2D eigenvalue weighted by Gasteiger charge is 2.31. The van der Waals surface area contributed by atoms with E-state index in [4.69, 9.17) is 4.74 Å². The first-order valence-corrected chi connectivity index (χ1v) is 5.03. The van der Waals surface area contributed by atoms with Gasteiger partial charge in [0.1, 0.15) is 17.7 Å². The fourth-order valence-corrected chi connectivity index (χ4v) is 1.76. The molecule has 2 rings (SSSR count). The van der Waals surface area contributed by atoms with Crippen LogP contribution in [0.5, 0.6) is 0 Å². The molecule has 0 saturated carbocycles. The zero-order valence-corrected chi connectivity index (χ0v) is 8.72. The van der Waals surface area contributed by atoms with Crippen molar-refractivity contribution in [2.75, 3.05) is 11.9 Å². The van der Waals surface area contributed by atoms with E-state index < -0.39 is 23.6 Å². The molecule has 1 aliphatic rings. The fourth-order valence-electron chi connectivity index (χ4n) is 1.76. The predicted octanol–water partition coefficient (Wildman–Crippen LogP) is 1.86. The third-order valence-electron chi connectivity index (χ3n) is 2.50. The number of ether oxygens (including phenoxy) is 1. The Morgan fingerprint density at radius 1 is 1.50 bits per heavy atom. The Bertz CT molecular complexity index is 403. The maximum Gasteiger partial charge on any atom is 0.328 e. The number of carbonyl (C=O) groups excluding carboxylic acids is 1. The Kier molecular flexibility index (Phi) is 2.77. The molecular formula is C11H11F2NO2. The van der Waals surface area contributed by atoms with Gasteiger partial charge in [-0.05, 0) is 19.1 Å². The predicted molar refractivity (Wildman–Crippen MR) is 54.1 cm³/mol. The van der Waals surface area contributed by atoms with E-state index in [0.29, 0.717) is 0 Å². The first kappa shape index (κ1) is 10.9. The van der Waals surface area contributed by atoms with Crippen molar-refractivity contribution >= 4 is 11.7 Å². The van der Waals surface area contributed by atoms with Gasteiger partial charge in [-0.1, -0.05) is 0 Å². The quantitative estimate of drug-likeness (QED) is 0.784. The third-order valence-corrected chi connectivity index (χ3v) is 2.50. The van der Waals surface area contributed by atoms with E-state index in [1.807, 2.05) is 0 Å². The second kappa shape index (κ2) is 4.08. The molecule has 0 radical (unpaired) electrons. The summed E-state index contributed by atoms with van der Waals surface area (Å²) in [6, 6.07) is 1.40. The zero-order chi connectivity index (χ0) is 11.7. The molecular weight excluding hydrogens is 216 g/mol. The zero-order valence-electron chi connectivity index (χ0n) is 8.72. The molecule has 16 heavy (non-hydrogen) atoms. The van der Waals surface area contributed by atoms with E-state index in [2.05, 4.69) is 5.32 Å². The molecule has 0 spiro atoms. The highest BCUT2D eigenvalue weighted by atomic mass is 19.1. The molecule has 3 nitrogen and oxygen atoms in total. The van der Waals surface area contributed by atoms with E-state index in [0.717, 1.165) is 12.1 Å². The van der Waals surface area contributed by atoms with Crippen LogP contribution in [0.15, 0.2) is 12.1 Å². The van der Waals surface area contributed by atoms with Crippen LogP contribution in [-0.2, 0) is 16.0 Å². The van der Waals surface area contributed by atoms with Gasteiger partial charge in [-0.2, -0.15) is 0 Å². The summed E-state index contributed by atoms with van der Waals surface area (Å²) in [5.74, 6) is -1.55. The highest BCUT2D eigenvalue weighted by Crippen LogP contribution is 2.31. The van der Waals surface area contributed by atoms with Gasteiger partial charge in [-0.25, -0.2) is 13.6 Å². The summed E-state index contributed by atoms with van der Waals surface area (Å²) in [6.07, 6.45) is 0.123. The van der Waals surface area contributed by atoms with Crippen molar-refractivity contribution in [2.24, 2.45) is 0 Å². The van der Waals surface area contributed by atoms with Crippen molar-refractivity contribution in [1.29, 1.82) is 0 Å². The van der Waals surface area contributed by atoms with Crippen molar-refractivity contribution in [3.05, 3.63) is 29.3 Å². The second-order valence-electron chi connectivity index (χ2n) is 3.54. The number of esters is 1. The first-order chi connectivity index (χ1) is 7.63. The van der Waals surface area contributed by atoms with Crippen molar-refractivity contribution in [2.45, 2.75) is 19.4 Å². The Labute approximate surface area is 91.4 Å². The van der Waals surface area contributed by atoms with Crippen molar-refractivity contribution in [3.63, 3.8) is 0 Å². The minimum atomic E-state index is -0.693. The minimum Gasteiger partial charge on any atom is -0.464 e. The number of carbonyl (C=O) groups is 1. The molecule has 1 atom stereocenters. The number of hydrogen-bond acceptors (Lipinski definition) is 3. The molecule has 1 aromatic rings. The van der Waals surface area contributed by atoms with Crippen LogP contribution in [-0.4, -0.2) is 18.6 Å². The van der Waals surface area contributed by atoms with Gasteiger partial charge in [0.15, 0.2) is 0 Å². The molecule has 0 aromatic heterocycles. The molecule has 1 aromatic carbocycles. The average molecular weight is 227 g/mol. The topological polar surface area (TPSA) is 38.3 Å². The van der Waals surface area contributed by atoms with Crippen LogP contribution in [0, 0.1) is 11.6 Å². The van der Waals surface area contributed by atoms with Gasteiger partial charge in [0.25, 0.3) is 0 Å². The lowest BCUT2D eigenvalue weighted by Crippen LogP contribution is -2.29. The van der Waals surface area contributed by atoms with Crippen LogP contribution < -0.4 is 5.32 Å². The lowest BCUT2D eigenvalue weighted by molar-refractivity contribution is -0.143. The highest BCUT2D eigenvalue weighted by molar-refractivity contribution is 5.83. The molecule has 1 heterocycles. The summed E-state index contributed by atoms with van der Waals surface area (Å²) in [7, 11) is 0. The largest absolute Gasteiger partial charge is 0.464 e. The van der Waals surface area contributed by atoms with Gasteiger partial charge in [-0.15, -0.1) is 0 Å². The lowest BCUT2D eigenvalue weighted by Gasteiger charge is -2.09. The number of nitrogens with one attached hydrogen (secondary N) is 1. The summed E-state index contributed by atoms with van der Waals surface area (Å²) < 4.78 is 31.4. The SMILES string of the molecule is CCOC(=O)[C@@H]1Cc2c(F)ccc(F)c2N1. The average Bonchev–Trinajstić information content (AvgIpc) is 2.70. The van der Waals surface area contributed by atoms with Gasteiger partial charge in [0, 0.05) is 12.0 Å². The van der Waals surface area contributed by atoms with Gasteiger partial charge in [-0.3, -0.25) is 0 Å². The number of rotatable bonds is 2. The number of anilines is 1. The van der Waals surface area contributed by atoms with Gasteiger partial charge in [0.05, 0.1) is 12.3 Å². The number of hydrogen-bond donors (Lipinski definition) is 1. The van der Waals surface area contributed by atoms with Crippen molar-refractivity contribution in [3.8, 4) is 0 Å². The summed E-state index contributed by atoms with van der Waals surface area (Å²) in [6.45, 7) is 1.93. The van der Waals surface area contributed by atoms with Crippen LogP contribution in [0.3, 0.4) is 0 Å². The van der Waals surface area contributed by atoms with Crippen molar-refractivity contribution < 1.29 is 18.3 Å². The molecule has 86 valence electrons. The minimum absolute atomic E-state index is 0.0676. The smallest absolute Gasteiger partial charge is 0.328 e. The molecule has 0 amide bonds. The van der Waals surface area contributed by atoms with E-state index in [9.17, 15) is 13.6 Å². The maximum absolute atomic E-state index is 13.3. The monoisotopic (exact) mass is 227 g/mol. The van der Waals surface area contributed by atoms with E-state index in [1.54, 1.807) is 6.92 Å². The summed E-state index contributed by atoms with van der Waals surface area (Å²) in [5, 5.41) is 2.64. The Balaban J connectivity index is 2.24. The van der Waals surface area contributed by atoms with E-state index in [-0.39, 0.29) is 24.3 Å². The lowest BCUT2D eigenvalue weighted by atomic mass is 10.1. The van der Waals surface area contributed by atoms with Crippen LogP contribution in [0.1, 0.15) is 12.5 Å². The van der Waals surface area contributed by atoms with E-state index in [1.165, 1.54) is 0 Å². The Hall–Kier alpha value is -1.65. The molecule has 1 aliphatic heterocycles. The summed E-state index contributed by atoms with van der Waals surface area (Å²) >= 11 is 0. The van der Waals surface area contributed by atoms with Crippen LogP contribution in [0.25, 0.3) is 0 Å². The molecule has 0 fully saturated rings. The molecule has 1 N–H and O–H groups in total. The standard InChI is InChI=1S/C11H11F2NO2/c1-2-16-11(15)9-5-6-7(12)3-4-8(13)10(6)14-9/h3-4,9,14H,2,5H2,1H3/t9-/m0/s1. The fraction of sp³-hybridized carbons (Fsp3) is 0.364. The third kappa shape index (κ3) is 1.73. The van der Waals surface area contributed by atoms with Gasteiger partial charge in [0.2, 0.25) is 0 Å². The van der Waals surface area contributed by atoms with Crippen molar-refractivity contribution in [1.82, 2.24) is 0 Å². The molecule has 5 heteroatoms. The van der Waals surface area contributed by atoms with Gasteiger partial charge >= 0.3 is 5.97 Å². The molecule has 0 aliphatic carbocycles. The second-order valence-corrected chi connectivity index (χ2v) is 3.54. The number of benzene rings is 1. The first-order valence-electron chi connectivity index (χ1n) is 5.03. The summed E-state index contributed by atoms with van der Waals surface area (Å²) in [5.41, 5.74) is 0.274. The molecule has 0 saturated heterocycles.